The molecule has 0 aromatic heterocycles. The highest BCUT2D eigenvalue weighted by Gasteiger charge is 2.30. The number of ketones is 2. The number of hydrogen-bond acceptors (Lipinski definition) is 2. The average Bonchev–Trinajstić information content (AvgIpc) is 2.32. The van der Waals surface area contributed by atoms with Gasteiger partial charge in [0.1, 0.15) is 10.1 Å². The lowest BCUT2D eigenvalue weighted by molar-refractivity contribution is 0.0987. The second-order valence-corrected chi connectivity index (χ2v) is 5.00. The molecule has 1 aliphatic carbocycles. The van der Waals surface area contributed by atoms with Gasteiger partial charge in [0.2, 0.25) is 11.6 Å². The van der Waals surface area contributed by atoms with Gasteiger partial charge < -0.3 is 0 Å². The Labute approximate surface area is 109 Å². The normalized spacial score (nSPS) is 15.6. The monoisotopic (exact) mass is 268 g/mol. The van der Waals surface area contributed by atoms with E-state index in [0.717, 1.165) is 5.56 Å². The van der Waals surface area contributed by atoms with Crippen LogP contribution in [0, 0.1) is 0 Å². The first-order valence-electron chi connectivity index (χ1n) is 5.22. The highest BCUT2D eigenvalue weighted by Crippen LogP contribution is 2.32. The fraction of sp³-hybridized carbons (Fsp3) is 0.231. The van der Waals surface area contributed by atoms with Gasteiger partial charge in [-0.3, -0.25) is 9.59 Å². The van der Waals surface area contributed by atoms with E-state index < -0.39 is 0 Å². The lowest BCUT2D eigenvalue weighted by Gasteiger charge is -2.16. The molecule has 88 valence electrons. The smallest absolute Gasteiger partial charge is 0.206 e. The molecule has 1 aliphatic rings. The van der Waals surface area contributed by atoms with E-state index in [2.05, 4.69) is 0 Å². The molecule has 0 heterocycles. The van der Waals surface area contributed by atoms with Crippen LogP contribution in [0.15, 0.2) is 28.3 Å². The van der Waals surface area contributed by atoms with Gasteiger partial charge in [-0.2, -0.15) is 0 Å². The second kappa shape index (κ2) is 4.28. The molecule has 0 spiro atoms. The van der Waals surface area contributed by atoms with Crippen molar-refractivity contribution in [2.75, 3.05) is 0 Å². The maximum atomic E-state index is 11.9. The maximum Gasteiger partial charge on any atom is 0.206 e. The van der Waals surface area contributed by atoms with Crippen LogP contribution in [-0.4, -0.2) is 11.6 Å². The Morgan fingerprint density at radius 2 is 1.47 bits per heavy atom. The quantitative estimate of drug-likeness (QED) is 0.775. The van der Waals surface area contributed by atoms with E-state index >= 15 is 0 Å². The standard InChI is InChI=1S/C13H10Cl2O2/c1-6(2)7-3-4-8-9(5-7)13(17)11(15)10(14)12(8)16/h3-6H,1-2H3. The minimum Gasteiger partial charge on any atom is -0.288 e. The van der Waals surface area contributed by atoms with Crippen LogP contribution in [0.1, 0.15) is 46.0 Å². The van der Waals surface area contributed by atoms with E-state index in [-0.39, 0.29) is 27.5 Å². The first-order chi connectivity index (χ1) is 7.93. The zero-order valence-corrected chi connectivity index (χ0v) is 10.9. The van der Waals surface area contributed by atoms with Gasteiger partial charge in [0, 0.05) is 11.1 Å². The van der Waals surface area contributed by atoms with Gasteiger partial charge in [-0.25, -0.2) is 0 Å². The Morgan fingerprint density at radius 3 is 2.00 bits per heavy atom. The van der Waals surface area contributed by atoms with Gasteiger partial charge in [0.05, 0.1) is 0 Å². The van der Waals surface area contributed by atoms with Gasteiger partial charge in [-0.05, 0) is 23.6 Å². The molecule has 0 saturated carbocycles. The Balaban J connectivity index is 2.65. The number of halogens is 2. The molecule has 1 aromatic carbocycles. The summed E-state index contributed by atoms with van der Waals surface area (Å²) in [5, 5.41) is -0.383. The molecule has 0 unspecified atom stereocenters. The summed E-state index contributed by atoms with van der Waals surface area (Å²) in [6, 6.07) is 5.18. The number of carbonyl (C=O) groups is 2. The number of Topliss-reactive ketones (excluding diaryl/α,β-unsaturated/α-hetero) is 2. The maximum absolute atomic E-state index is 11.9. The van der Waals surface area contributed by atoms with Crippen molar-refractivity contribution < 1.29 is 9.59 Å². The summed E-state index contributed by atoms with van der Waals surface area (Å²) in [5.74, 6) is -0.487. The molecule has 0 fully saturated rings. The summed E-state index contributed by atoms with van der Waals surface area (Å²) >= 11 is 11.5. The van der Waals surface area contributed by atoms with Gasteiger partial charge >= 0.3 is 0 Å². The van der Waals surface area contributed by atoms with E-state index in [1.165, 1.54) is 0 Å². The topological polar surface area (TPSA) is 34.1 Å². The molecule has 0 N–H and O–H groups in total. The summed E-state index contributed by atoms with van der Waals surface area (Å²) in [6.45, 7) is 4.03. The average molecular weight is 269 g/mol. The third kappa shape index (κ3) is 1.92. The fourth-order valence-electron chi connectivity index (χ4n) is 1.74. The van der Waals surface area contributed by atoms with Crippen LogP contribution in [0.3, 0.4) is 0 Å². The van der Waals surface area contributed by atoms with Crippen LogP contribution in [-0.2, 0) is 0 Å². The number of fused-ring (bicyclic) bond motifs is 1. The van der Waals surface area contributed by atoms with E-state index in [9.17, 15) is 9.59 Å². The number of allylic oxidation sites excluding steroid dienone is 2. The van der Waals surface area contributed by atoms with Crippen LogP contribution >= 0.6 is 23.2 Å². The Hall–Kier alpha value is -1.12. The first-order valence-corrected chi connectivity index (χ1v) is 5.97. The number of benzene rings is 1. The summed E-state index contributed by atoms with van der Waals surface area (Å²) in [5.41, 5.74) is 1.66. The molecule has 0 radical (unpaired) electrons. The summed E-state index contributed by atoms with van der Waals surface area (Å²) in [4.78, 5) is 23.7. The predicted molar refractivity (Wildman–Crippen MR) is 67.9 cm³/mol. The predicted octanol–water partition coefficient (Wildman–Crippen LogP) is 3.88. The highest BCUT2D eigenvalue weighted by molar-refractivity contribution is 6.59. The van der Waals surface area contributed by atoms with Crippen molar-refractivity contribution in [3.8, 4) is 0 Å². The van der Waals surface area contributed by atoms with Gasteiger partial charge in [-0.15, -0.1) is 0 Å². The highest BCUT2D eigenvalue weighted by atomic mass is 35.5. The van der Waals surface area contributed by atoms with Crippen molar-refractivity contribution in [3.63, 3.8) is 0 Å². The molecule has 1 aromatic rings. The number of rotatable bonds is 1. The van der Waals surface area contributed by atoms with Crippen LogP contribution in [0.4, 0.5) is 0 Å². The van der Waals surface area contributed by atoms with Crippen LogP contribution in [0.5, 0.6) is 0 Å². The molecule has 0 atom stereocenters. The van der Waals surface area contributed by atoms with E-state index in [4.69, 9.17) is 23.2 Å². The van der Waals surface area contributed by atoms with Crippen molar-refractivity contribution in [2.24, 2.45) is 0 Å². The Morgan fingerprint density at radius 1 is 0.941 bits per heavy atom. The van der Waals surface area contributed by atoms with E-state index in [1.807, 2.05) is 19.9 Å². The molecule has 0 aliphatic heterocycles. The van der Waals surface area contributed by atoms with Gasteiger partial charge in [-0.1, -0.05) is 43.1 Å². The fourth-order valence-corrected chi connectivity index (χ4v) is 2.12. The van der Waals surface area contributed by atoms with Crippen LogP contribution < -0.4 is 0 Å². The van der Waals surface area contributed by atoms with E-state index in [0.29, 0.717) is 11.1 Å². The summed E-state index contributed by atoms with van der Waals surface area (Å²) < 4.78 is 0. The molecule has 0 bridgehead atoms. The van der Waals surface area contributed by atoms with E-state index in [1.54, 1.807) is 12.1 Å². The zero-order chi connectivity index (χ0) is 12.7. The van der Waals surface area contributed by atoms with Crippen molar-refractivity contribution in [2.45, 2.75) is 19.8 Å². The molecule has 0 saturated heterocycles. The number of carbonyl (C=O) groups excluding carboxylic acids is 2. The summed E-state index contributed by atoms with van der Waals surface area (Å²) in [7, 11) is 0. The molecule has 2 rings (SSSR count). The molecule has 17 heavy (non-hydrogen) atoms. The SMILES string of the molecule is CC(C)c1ccc2c(c1)C(=O)C(Cl)=C(Cl)C2=O. The van der Waals surface area contributed by atoms with Gasteiger partial charge in [0.25, 0.3) is 0 Å². The minimum atomic E-state index is -0.387. The van der Waals surface area contributed by atoms with Crippen molar-refractivity contribution in [1.29, 1.82) is 0 Å². The zero-order valence-electron chi connectivity index (χ0n) is 9.38. The van der Waals surface area contributed by atoms with Crippen molar-refractivity contribution in [3.05, 3.63) is 45.0 Å². The third-order valence-corrected chi connectivity index (χ3v) is 3.61. The molecule has 2 nitrogen and oxygen atoms in total. The van der Waals surface area contributed by atoms with Crippen molar-refractivity contribution >= 4 is 34.8 Å². The molecular weight excluding hydrogens is 259 g/mol. The van der Waals surface area contributed by atoms with Crippen LogP contribution in [0.25, 0.3) is 0 Å². The number of hydrogen-bond donors (Lipinski definition) is 0. The second-order valence-electron chi connectivity index (χ2n) is 4.25. The summed E-state index contributed by atoms with van der Waals surface area (Å²) in [6.07, 6.45) is 0. The third-order valence-electron chi connectivity index (χ3n) is 2.79. The molecular formula is C13H10Cl2O2. The lowest BCUT2D eigenvalue weighted by atomic mass is 9.90. The minimum absolute atomic E-state index is 0.190. The Kier molecular flexibility index (Phi) is 3.11. The first kappa shape index (κ1) is 12.3. The van der Waals surface area contributed by atoms with Gasteiger partial charge in [0.15, 0.2) is 0 Å². The van der Waals surface area contributed by atoms with Crippen LogP contribution in [0.2, 0.25) is 0 Å². The molecule has 4 heteroatoms. The Bertz CT molecular complexity index is 557. The van der Waals surface area contributed by atoms with Crippen molar-refractivity contribution in [1.82, 2.24) is 0 Å². The lowest BCUT2D eigenvalue weighted by Crippen LogP contribution is -2.18. The largest absolute Gasteiger partial charge is 0.288 e. The molecule has 0 amide bonds.